The lowest BCUT2D eigenvalue weighted by atomic mass is 10.2. The predicted octanol–water partition coefficient (Wildman–Crippen LogP) is 4.04. The number of aliphatic hydroxyl groups excluding tert-OH is 1. The number of methoxy groups -OCH3 is 1. The van der Waals surface area contributed by atoms with Gasteiger partial charge in [0.2, 0.25) is 0 Å². The number of furan rings is 1. The highest BCUT2D eigenvalue weighted by Crippen LogP contribution is 2.32. The van der Waals surface area contributed by atoms with Gasteiger partial charge in [0.15, 0.2) is 11.3 Å². The number of para-hydroxylation sites is 1. The SMILES string of the molecule is COc1cccc2cc(C(C)Nc3ccc(N(C)CCO)cc3)oc12. The fourth-order valence-corrected chi connectivity index (χ4v) is 2.84. The highest BCUT2D eigenvalue weighted by atomic mass is 16.5. The zero-order valence-electron chi connectivity index (χ0n) is 14.8. The summed E-state index contributed by atoms with van der Waals surface area (Å²) in [7, 11) is 3.61. The van der Waals surface area contributed by atoms with Crippen molar-refractivity contribution in [3.63, 3.8) is 0 Å². The maximum Gasteiger partial charge on any atom is 0.176 e. The second-order valence-electron chi connectivity index (χ2n) is 6.09. The number of hydrogen-bond donors (Lipinski definition) is 2. The largest absolute Gasteiger partial charge is 0.493 e. The molecule has 5 heteroatoms. The number of benzene rings is 2. The summed E-state index contributed by atoms with van der Waals surface area (Å²) in [5.74, 6) is 1.60. The summed E-state index contributed by atoms with van der Waals surface area (Å²) in [6.45, 7) is 2.82. The number of hydrogen-bond acceptors (Lipinski definition) is 5. The van der Waals surface area contributed by atoms with Crippen LogP contribution in [0.2, 0.25) is 0 Å². The first kappa shape index (κ1) is 17.2. The average molecular weight is 340 g/mol. The predicted molar refractivity (Wildman–Crippen MR) is 102 cm³/mol. The van der Waals surface area contributed by atoms with Crippen molar-refractivity contribution in [3.05, 3.63) is 54.3 Å². The minimum absolute atomic E-state index is 0.0260. The molecule has 3 aromatic rings. The van der Waals surface area contributed by atoms with Gasteiger partial charge in [0.25, 0.3) is 0 Å². The van der Waals surface area contributed by atoms with E-state index in [1.807, 2.05) is 60.5 Å². The molecule has 0 aliphatic carbocycles. The molecule has 0 bridgehead atoms. The molecular formula is C20H24N2O3. The molecule has 2 N–H and O–H groups in total. The van der Waals surface area contributed by atoms with Gasteiger partial charge < -0.3 is 24.5 Å². The lowest BCUT2D eigenvalue weighted by Gasteiger charge is -2.19. The molecule has 0 fully saturated rings. The van der Waals surface area contributed by atoms with Crippen LogP contribution in [0.1, 0.15) is 18.7 Å². The monoisotopic (exact) mass is 340 g/mol. The second kappa shape index (κ2) is 7.49. The highest BCUT2D eigenvalue weighted by Gasteiger charge is 2.14. The Bertz CT molecular complexity index is 827. The van der Waals surface area contributed by atoms with E-state index in [1.165, 1.54) is 0 Å². The molecule has 0 aliphatic rings. The van der Waals surface area contributed by atoms with E-state index in [1.54, 1.807) is 7.11 Å². The Morgan fingerprint density at radius 2 is 1.96 bits per heavy atom. The Morgan fingerprint density at radius 3 is 2.64 bits per heavy atom. The molecule has 1 atom stereocenters. The average Bonchev–Trinajstić information content (AvgIpc) is 3.07. The number of fused-ring (bicyclic) bond motifs is 1. The van der Waals surface area contributed by atoms with Gasteiger partial charge in [0.1, 0.15) is 5.76 Å². The van der Waals surface area contributed by atoms with E-state index < -0.39 is 0 Å². The Labute approximate surface area is 147 Å². The van der Waals surface area contributed by atoms with E-state index in [-0.39, 0.29) is 12.6 Å². The third kappa shape index (κ3) is 3.72. The van der Waals surface area contributed by atoms with Gasteiger partial charge in [-0.05, 0) is 43.3 Å². The Hall–Kier alpha value is -2.66. The minimum atomic E-state index is 0.0260. The summed E-state index contributed by atoms with van der Waals surface area (Å²) in [5, 5.41) is 13.5. The standard InChI is InChI=1S/C20H24N2O3/c1-14(19-13-15-5-4-6-18(24-3)20(15)25-19)21-16-7-9-17(10-8-16)22(2)11-12-23/h4-10,13-14,21,23H,11-12H2,1-3H3. The van der Waals surface area contributed by atoms with Crippen molar-refractivity contribution in [2.75, 3.05) is 37.5 Å². The summed E-state index contributed by atoms with van der Waals surface area (Å²) in [6, 6.07) is 16.1. The summed E-state index contributed by atoms with van der Waals surface area (Å²) < 4.78 is 11.4. The lowest BCUT2D eigenvalue weighted by Crippen LogP contribution is -2.20. The first-order valence-corrected chi connectivity index (χ1v) is 8.37. The summed E-state index contributed by atoms with van der Waals surface area (Å²) >= 11 is 0. The fraction of sp³-hybridized carbons (Fsp3) is 0.300. The van der Waals surface area contributed by atoms with Gasteiger partial charge in [-0.25, -0.2) is 0 Å². The van der Waals surface area contributed by atoms with Crippen LogP contribution in [0.3, 0.4) is 0 Å². The van der Waals surface area contributed by atoms with Crippen LogP contribution in [0.4, 0.5) is 11.4 Å². The second-order valence-corrected chi connectivity index (χ2v) is 6.09. The molecule has 1 aromatic heterocycles. The zero-order chi connectivity index (χ0) is 17.8. The van der Waals surface area contributed by atoms with Crippen LogP contribution in [-0.4, -0.2) is 32.4 Å². The molecule has 0 saturated heterocycles. The van der Waals surface area contributed by atoms with Gasteiger partial charge >= 0.3 is 0 Å². The smallest absolute Gasteiger partial charge is 0.176 e. The summed E-state index contributed by atoms with van der Waals surface area (Å²) in [6.07, 6.45) is 0. The van der Waals surface area contributed by atoms with Gasteiger partial charge in [-0.3, -0.25) is 0 Å². The van der Waals surface area contributed by atoms with E-state index >= 15 is 0 Å². The van der Waals surface area contributed by atoms with Crippen molar-refractivity contribution in [1.82, 2.24) is 0 Å². The summed E-state index contributed by atoms with van der Waals surface area (Å²) in [5.41, 5.74) is 2.86. The van der Waals surface area contributed by atoms with E-state index in [9.17, 15) is 0 Å². The number of anilines is 2. The molecule has 0 spiro atoms. The Kier molecular flexibility index (Phi) is 5.14. The van der Waals surface area contributed by atoms with Crippen molar-refractivity contribution in [1.29, 1.82) is 0 Å². The van der Waals surface area contributed by atoms with Gasteiger partial charge in [-0.1, -0.05) is 12.1 Å². The van der Waals surface area contributed by atoms with Crippen molar-refractivity contribution in [2.45, 2.75) is 13.0 Å². The van der Waals surface area contributed by atoms with Crippen LogP contribution in [0.5, 0.6) is 5.75 Å². The van der Waals surface area contributed by atoms with Gasteiger partial charge in [-0.15, -0.1) is 0 Å². The van der Waals surface area contributed by atoms with Crippen molar-refractivity contribution < 1.29 is 14.3 Å². The minimum Gasteiger partial charge on any atom is -0.493 e. The van der Waals surface area contributed by atoms with E-state index in [0.29, 0.717) is 6.54 Å². The number of ether oxygens (including phenoxy) is 1. The molecule has 3 rings (SSSR count). The van der Waals surface area contributed by atoms with Gasteiger partial charge in [-0.2, -0.15) is 0 Å². The third-order valence-corrected chi connectivity index (χ3v) is 4.30. The molecule has 0 saturated carbocycles. The topological polar surface area (TPSA) is 57.9 Å². The van der Waals surface area contributed by atoms with Gasteiger partial charge in [0.05, 0.1) is 19.8 Å². The number of aliphatic hydroxyl groups is 1. The van der Waals surface area contributed by atoms with E-state index in [0.717, 1.165) is 33.9 Å². The molecule has 2 aromatic carbocycles. The maximum absolute atomic E-state index is 9.02. The van der Waals surface area contributed by atoms with Crippen LogP contribution in [0, 0.1) is 0 Å². The number of likely N-dealkylation sites (N-methyl/N-ethyl adjacent to an activating group) is 1. The van der Waals surface area contributed by atoms with Gasteiger partial charge in [0, 0.05) is 30.4 Å². The molecular weight excluding hydrogens is 316 g/mol. The van der Waals surface area contributed by atoms with Crippen LogP contribution >= 0.6 is 0 Å². The fourth-order valence-electron chi connectivity index (χ4n) is 2.84. The summed E-state index contributed by atoms with van der Waals surface area (Å²) in [4.78, 5) is 2.01. The molecule has 0 aliphatic heterocycles. The molecule has 1 unspecified atom stereocenters. The molecule has 25 heavy (non-hydrogen) atoms. The van der Waals surface area contributed by atoms with E-state index in [2.05, 4.69) is 12.2 Å². The van der Waals surface area contributed by atoms with Crippen LogP contribution in [0.15, 0.2) is 52.9 Å². The first-order valence-electron chi connectivity index (χ1n) is 8.37. The Morgan fingerprint density at radius 1 is 1.20 bits per heavy atom. The molecule has 132 valence electrons. The maximum atomic E-state index is 9.02. The van der Waals surface area contributed by atoms with Crippen molar-refractivity contribution in [3.8, 4) is 5.75 Å². The number of nitrogens with zero attached hydrogens (tertiary/aromatic N) is 1. The molecule has 5 nitrogen and oxygen atoms in total. The number of rotatable bonds is 7. The van der Waals surface area contributed by atoms with E-state index in [4.69, 9.17) is 14.3 Å². The van der Waals surface area contributed by atoms with Crippen LogP contribution in [0.25, 0.3) is 11.0 Å². The highest BCUT2D eigenvalue weighted by molar-refractivity contribution is 5.83. The van der Waals surface area contributed by atoms with Crippen LogP contribution in [-0.2, 0) is 0 Å². The normalized spacial score (nSPS) is 12.2. The molecule has 1 heterocycles. The van der Waals surface area contributed by atoms with Crippen LogP contribution < -0.4 is 15.0 Å². The lowest BCUT2D eigenvalue weighted by molar-refractivity contribution is 0.304. The molecule has 0 radical (unpaired) electrons. The molecule has 0 amide bonds. The zero-order valence-corrected chi connectivity index (χ0v) is 14.8. The third-order valence-electron chi connectivity index (χ3n) is 4.30. The van der Waals surface area contributed by atoms with Crippen molar-refractivity contribution in [2.24, 2.45) is 0 Å². The quantitative estimate of drug-likeness (QED) is 0.680. The number of nitrogens with one attached hydrogen (secondary N) is 1. The Balaban J connectivity index is 1.75. The van der Waals surface area contributed by atoms with Crippen molar-refractivity contribution >= 4 is 22.3 Å². The first-order chi connectivity index (χ1) is 12.1.